The van der Waals surface area contributed by atoms with Gasteiger partial charge in [-0.2, -0.15) is 13.2 Å². The maximum absolute atomic E-state index is 12.6. The van der Waals surface area contributed by atoms with Crippen LogP contribution in [0.25, 0.3) is 0 Å². The molecule has 1 heterocycles. The molecule has 2 amide bonds. The Bertz CT molecular complexity index is 554. The van der Waals surface area contributed by atoms with Gasteiger partial charge < -0.3 is 15.7 Å². The number of hydrogen-bond donors (Lipinski definition) is 3. The van der Waals surface area contributed by atoms with Gasteiger partial charge in [-0.3, -0.25) is 0 Å². The molecule has 1 saturated carbocycles. The van der Waals surface area contributed by atoms with Gasteiger partial charge in [0.25, 0.3) is 0 Å². The molecular formula is C11H12F3N3O3S. The summed E-state index contributed by atoms with van der Waals surface area (Å²) in [5.41, 5.74) is -2.18. The molecule has 10 heteroatoms. The molecule has 1 aromatic heterocycles. The van der Waals surface area contributed by atoms with Crippen molar-refractivity contribution >= 4 is 23.3 Å². The first kappa shape index (κ1) is 15.5. The highest BCUT2D eigenvalue weighted by molar-refractivity contribution is 7.09. The Hall–Kier alpha value is -1.84. The van der Waals surface area contributed by atoms with E-state index in [1.807, 2.05) is 5.32 Å². The first-order chi connectivity index (χ1) is 9.73. The predicted molar refractivity (Wildman–Crippen MR) is 67.3 cm³/mol. The maximum atomic E-state index is 12.6. The summed E-state index contributed by atoms with van der Waals surface area (Å²) >= 11 is 1.12. The highest BCUT2D eigenvalue weighted by atomic mass is 32.1. The SMILES string of the molecule is O=C(NCCc1nc(C(=O)O)cs1)NC1(C(F)(F)F)CC1. The van der Waals surface area contributed by atoms with Gasteiger partial charge >= 0.3 is 18.2 Å². The van der Waals surface area contributed by atoms with E-state index >= 15 is 0 Å². The minimum absolute atomic E-state index is 0.0757. The molecule has 0 unspecified atom stereocenters. The summed E-state index contributed by atoms with van der Waals surface area (Å²) in [6, 6.07) is -0.889. The number of carbonyl (C=O) groups excluding carboxylic acids is 1. The Morgan fingerprint density at radius 2 is 2.10 bits per heavy atom. The Balaban J connectivity index is 1.76. The van der Waals surface area contributed by atoms with Crippen molar-refractivity contribution in [1.82, 2.24) is 15.6 Å². The van der Waals surface area contributed by atoms with Crippen molar-refractivity contribution < 1.29 is 27.9 Å². The number of aromatic nitrogens is 1. The first-order valence-electron chi connectivity index (χ1n) is 6.04. The van der Waals surface area contributed by atoms with Crippen LogP contribution in [0.4, 0.5) is 18.0 Å². The third-order valence-corrected chi connectivity index (χ3v) is 3.95. The monoisotopic (exact) mass is 323 g/mol. The van der Waals surface area contributed by atoms with E-state index in [4.69, 9.17) is 5.11 Å². The Morgan fingerprint density at radius 3 is 2.57 bits per heavy atom. The summed E-state index contributed by atoms with van der Waals surface area (Å²) in [4.78, 5) is 25.8. The van der Waals surface area contributed by atoms with Crippen LogP contribution in [-0.2, 0) is 6.42 Å². The van der Waals surface area contributed by atoms with Gasteiger partial charge in [0.2, 0.25) is 0 Å². The predicted octanol–water partition coefficient (Wildman–Crippen LogP) is 1.78. The number of amides is 2. The van der Waals surface area contributed by atoms with Crippen molar-refractivity contribution in [2.75, 3.05) is 6.54 Å². The molecule has 0 saturated heterocycles. The number of hydrogen-bond acceptors (Lipinski definition) is 4. The van der Waals surface area contributed by atoms with E-state index in [-0.39, 0.29) is 31.5 Å². The number of aromatic carboxylic acids is 1. The van der Waals surface area contributed by atoms with Gasteiger partial charge in [0.15, 0.2) is 5.69 Å². The molecule has 3 N–H and O–H groups in total. The van der Waals surface area contributed by atoms with Crippen molar-refractivity contribution in [2.45, 2.75) is 31.0 Å². The maximum Gasteiger partial charge on any atom is 0.411 e. The number of alkyl halides is 3. The molecule has 2 rings (SSSR count). The van der Waals surface area contributed by atoms with Crippen LogP contribution >= 0.6 is 11.3 Å². The molecule has 1 aromatic rings. The molecule has 1 aliphatic carbocycles. The Morgan fingerprint density at radius 1 is 1.43 bits per heavy atom. The molecule has 116 valence electrons. The van der Waals surface area contributed by atoms with Crippen LogP contribution in [0.2, 0.25) is 0 Å². The highest BCUT2D eigenvalue weighted by Gasteiger charge is 2.64. The number of carboxylic acid groups (broad SMARTS) is 1. The van der Waals surface area contributed by atoms with E-state index in [1.165, 1.54) is 5.38 Å². The zero-order valence-corrected chi connectivity index (χ0v) is 11.5. The first-order valence-corrected chi connectivity index (χ1v) is 6.92. The summed E-state index contributed by atoms with van der Waals surface area (Å²) in [6.07, 6.45) is -4.42. The van der Waals surface area contributed by atoms with Crippen molar-refractivity contribution in [2.24, 2.45) is 0 Å². The smallest absolute Gasteiger partial charge is 0.411 e. The zero-order chi connectivity index (χ0) is 15.7. The van der Waals surface area contributed by atoms with Gasteiger partial charge in [0.1, 0.15) is 5.54 Å². The summed E-state index contributed by atoms with van der Waals surface area (Å²) in [5.74, 6) is -1.15. The highest BCUT2D eigenvalue weighted by Crippen LogP contribution is 2.48. The summed E-state index contributed by atoms with van der Waals surface area (Å²) < 4.78 is 37.8. The van der Waals surface area contributed by atoms with Crippen molar-refractivity contribution in [1.29, 1.82) is 0 Å². The lowest BCUT2D eigenvalue weighted by Crippen LogP contribution is -2.51. The lowest BCUT2D eigenvalue weighted by molar-refractivity contribution is -0.162. The van der Waals surface area contributed by atoms with Gasteiger partial charge in [-0.1, -0.05) is 0 Å². The quantitative estimate of drug-likeness (QED) is 0.770. The van der Waals surface area contributed by atoms with Crippen molar-refractivity contribution in [3.05, 3.63) is 16.1 Å². The second kappa shape index (κ2) is 5.51. The van der Waals surface area contributed by atoms with Gasteiger partial charge in [0.05, 0.1) is 5.01 Å². The topological polar surface area (TPSA) is 91.3 Å². The van der Waals surface area contributed by atoms with Crippen LogP contribution < -0.4 is 10.6 Å². The van der Waals surface area contributed by atoms with E-state index in [0.717, 1.165) is 11.3 Å². The van der Waals surface area contributed by atoms with Crippen LogP contribution in [-0.4, -0.2) is 40.4 Å². The fourth-order valence-electron chi connectivity index (χ4n) is 1.67. The second-order valence-corrected chi connectivity index (χ2v) is 5.59. The minimum atomic E-state index is -4.45. The van der Waals surface area contributed by atoms with Crippen LogP contribution in [0.1, 0.15) is 28.3 Å². The molecule has 1 aliphatic rings. The number of nitrogens with one attached hydrogen (secondary N) is 2. The van der Waals surface area contributed by atoms with E-state index in [0.29, 0.717) is 5.01 Å². The average Bonchev–Trinajstić information content (AvgIpc) is 2.99. The third-order valence-electron chi connectivity index (χ3n) is 3.04. The molecule has 0 bridgehead atoms. The molecule has 0 atom stereocenters. The molecule has 0 spiro atoms. The van der Waals surface area contributed by atoms with Crippen molar-refractivity contribution in [3.8, 4) is 0 Å². The standard InChI is InChI=1S/C11H12F3N3O3S/c12-11(13,14)10(2-3-10)17-9(20)15-4-1-7-16-6(5-21-7)8(18)19/h5H,1-4H2,(H,18,19)(H2,15,17,20). The van der Waals surface area contributed by atoms with Gasteiger partial charge in [-0.25, -0.2) is 14.6 Å². The van der Waals surface area contributed by atoms with E-state index in [1.54, 1.807) is 0 Å². The van der Waals surface area contributed by atoms with Gasteiger partial charge in [-0.05, 0) is 12.8 Å². The van der Waals surface area contributed by atoms with E-state index < -0.39 is 23.7 Å². The van der Waals surface area contributed by atoms with Crippen LogP contribution in [0.5, 0.6) is 0 Å². The number of nitrogens with zero attached hydrogens (tertiary/aromatic N) is 1. The second-order valence-electron chi connectivity index (χ2n) is 4.64. The number of thiazole rings is 1. The van der Waals surface area contributed by atoms with Crippen LogP contribution in [0, 0.1) is 0 Å². The molecular weight excluding hydrogens is 311 g/mol. The molecule has 0 radical (unpaired) electrons. The molecule has 1 fully saturated rings. The number of carbonyl (C=O) groups is 2. The molecule has 6 nitrogen and oxygen atoms in total. The number of rotatable bonds is 5. The Labute approximate surface area is 121 Å². The molecule has 0 aromatic carbocycles. The van der Waals surface area contributed by atoms with Gasteiger partial charge in [0, 0.05) is 18.3 Å². The van der Waals surface area contributed by atoms with E-state index in [9.17, 15) is 22.8 Å². The lowest BCUT2D eigenvalue weighted by Gasteiger charge is -2.20. The van der Waals surface area contributed by atoms with Crippen LogP contribution in [0.15, 0.2) is 5.38 Å². The Kier molecular flexibility index (Phi) is 4.08. The normalized spacial score (nSPS) is 16.3. The largest absolute Gasteiger partial charge is 0.476 e. The number of urea groups is 1. The summed E-state index contributed by atoms with van der Waals surface area (Å²) in [5, 5.41) is 14.8. The van der Waals surface area contributed by atoms with Gasteiger partial charge in [-0.15, -0.1) is 11.3 Å². The van der Waals surface area contributed by atoms with Crippen LogP contribution in [0.3, 0.4) is 0 Å². The van der Waals surface area contributed by atoms with E-state index in [2.05, 4.69) is 10.3 Å². The fourth-order valence-corrected chi connectivity index (χ4v) is 2.44. The zero-order valence-electron chi connectivity index (χ0n) is 10.7. The average molecular weight is 323 g/mol. The summed E-state index contributed by atoms with van der Waals surface area (Å²) in [7, 11) is 0. The lowest BCUT2D eigenvalue weighted by atomic mass is 10.2. The number of carboxylic acids is 1. The van der Waals surface area contributed by atoms with Crippen molar-refractivity contribution in [3.63, 3.8) is 0 Å². The molecule has 0 aliphatic heterocycles. The number of halogens is 3. The molecule has 21 heavy (non-hydrogen) atoms. The summed E-state index contributed by atoms with van der Waals surface area (Å²) in [6.45, 7) is 0.0757. The fraction of sp³-hybridized carbons (Fsp3) is 0.545. The third kappa shape index (κ3) is 3.63. The minimum Gasteiger partial charge on any atom is -0.476 e.